The van der Waals surface area contributed by atoms with E-state index in [9.17, 15) is 4.79 Å². The molecule has 130 valence electrons. The highest BCUT2D eigenvalue weighted by atomic mass is 16.1. The van der Waals surface area contributed by atoms with Crippen LogP contribution in [0.2, 0.25) is 0 Å². The van der Waals surface area contributed by atoms with E-state index in [1.807, 2.05) is 59.3 Å². The molecule has 2 atom stereocenters. The van der Waals surface area contributed by atoms with Crippen molar-refractivity contribution >= 4 is 12.1 Å². The van der Waals surface area contributed by atoms with Gasteiger partial charge in [-0.05, 0) is 41.3 Å². The lowest BCUT2D eigenvalue weighted by atomic mass is 9.89. The molecule has 0 aliphatic heterocycles. The Balaban J connectivity index is 1.67. The third-order valence-electron chi connectivity index (χ3n) is 5.12. The zero-order valence-corrected chi connectivity index (χ0v) is 14.1. The zero-order valence-electron chi connectivity index (χ0n) is 14.1. The summed E-state index contributed by atoms with van der Waals surface area (Å²) in [5.74, 6) is 5.00. The summed E-state index contributed by atoms with van der Waals surface area (Å²) in [5, 5.41) is 3.57. The molecule has 0 spiro atoms. The molecule has 1 aromatic heterocycles. The van der Waals surface area contributed by atoms with Crippen molar-refractivity contribution in [3.05, 3.63) is 83.9 Å². The third kappa shape index (κ3) is 2.56. The summed E-state index contributed by atoms with van der Waals surface area (Å²) in [5.41, 5.74) is 9.07. The molecule has 4 rings (SSSR count). The Kier molecular flexibility index (Phi) is 3.80. The second-order valence-electron chi connectivity index (χ2n) is 6.56. The number of hydrogen-bond donors (Lipinski definition) is 2. The Hall–Kier alpha value is -3.41. The molecule has 26 heavy (non-hydrogen) atoms. The molecule has 4 N–H and O–H groups in total. The highest BCUT2D eigenvalue weighted by molar-refractivity contribution is 5.92. The lowest BCUT2D eigenvalue weighted by Gasteiger charge is -2.15. The lowest BCUT2D eigenvalue weighted by Crippen LogP contribution is -2.30. The van der Waals surface area contributed by atoms with Crippen molar-refractivity contribution < 1.29 is 4.79 Å². The fourth-order valence-electron chi connectivity index (χ4n) is 3.68. The number of carbonyl (C=O) groups is 1. The van der Waals surface area contributed by atoms with Crippen molar-refractivity contribution in [1.29, 1.82) is 0 Å². The molecule has 1 aliphatic rings. The molecular formula is C20H19N5O. The molecule has 6 heteroatoms. The van der Waals surface area contributed by atoms with E-state index >= 15 is 0 Å². The Morgan fingerprint density at radius 2 is 2.08 bits per heavy atom. The Morgan fingerprint density at radius 3 is 2.73 bits per heavy atom. The number of benzene rings is 2. The molecule has 1 amide bonds. The maximum absolute atomic E-state index is 12.4. The number of imidazole rings is 1. The van der Waals surface area contributed by atoms with E-state index in [1.165, 1.54) is 0 Å². The van der Waals surface area contributed by atoms with Crippen LogP contribution < -0.4 is 11.6 Å². The van der Waals surface area contributed by atoms with Crippen molar-refractivity contribution in [2.45, 2.75) is 17.8 Å². The molecule has 0 radical (unpaired) electrons. The van der Waals surface area contributed by atoms with Gasteiger partial charge in [0.2, 0.25) is 5.91 Å². The first-order valence-electron chi connectivity index (χ1n) is 8.37. The van der Waals surface area contributed by atoms with Gasteiger partial charge in [0.15, 0.2) is 0 Å². The van der Waals surface area contributed by atoms with Crippen LogP contribution in [0.3, 0.4) is 0 Å². The summed E-state index contributed by atoms with van der Waals surface area (Å²) < 4.78 is 1.92. The lowest BCUT2D eigenvalue weighted by molar-refractivity contribution is -0.120. The van der Waals surface area contributed by atoms with E-state index in [4.69, 9.17) is 11.6 Å². The number of nitrogens with two attached hydrogens (primary N) is 2. The predicted octanol–water partition coefficient (Wildman–Crippen LogP) is 2.08. The minimum Gasteiger partial charge on any atom is -0.369 e. The van der Waals surface area contributed by atoms with Gasteiger partial charge < -0.3 is 16.1 Å². The number of carbonyl (C=O) groups excluding carboxylic acids is 1. The number of nitrogens with zero attached hydrogens (tertiary/aromatic N) is 3. The smallest absolute Gasteiger partial charge is 0.228 e. The van der Waals surface area contributed by atoms with Gasteiger partial charge in [0, 0.05) is 24.0 Å². The van der Waals surface area contributed by atoms with Crippen molar-refractivity contribution in [2.24, 2.45) is 16.7 Å². The van der Waals surface area contributed by atoms with Crippen molar-refractivity contribution in [3.63, 3.8) is 0 Å². The van der Waals surface area contributed by atoms with Crippen molar-refractivity contribution in [3.8, 4) is 5.69 Å². The number of hydrazone groups is 1. The summed E-state index contributed by atoms with van der Waals surface area (Å²) in [6.07, 6.45) is 7.65. The van der Waals surface area contributed by atoms with Crippen LogP contribution in [0.1, 0.15) is 29.0 Å². The molecular weight excluding hydrogens is 326 g/mol. The van der Waals surface area contributed by atoms with Crippen LogP contribution in [0.5, 0.6) is 0 Å². The van der Waals surface area contributed by atoms with E-state index in [0.717, 1.165) is 22.4 Å². The van der Waals surface area contributed by atoms with Crippen LogP contribution >= 0.6 is 0 Å². The summed E-state index contributed by atoms with van der Waals surface area (Å²) in [4.78, 5) is 16.4. The first-order valence-corrected chi connectivity index (χ1v) is 8.37. The van der Waals surface area contributed by atoms with E-state index in [0.29, 0.717) is 6.42 Å². The quantitative estimate of drug-likeness (QED) is 0.421. The van der Waals surface area contributed by atoms with E-state index in [1.54, 1.807) is 18.7 Å². The van der Waals surface area contributed by atoms with Crippen LogP contribution in [0.4, 0.5) is 0 Å². The summed E-state index contributed by atoms with van der Waals surface area (Å²) >= 11 is 0. The van der Waals surface area contributed by atoms with E-state index in [-0.39, 0.29) is 11.8 Å². The number of primary amides is 1. The molecule has 1 heterocycles. The number of hydrogen-bond acceptors (Lipinski definition) is 4. The van der Waals surface area contributed by atoms with Gasteiger partial charge in [-0.15, -0.1) is 0 Å². The molecule has 6 nitrogen and oxygen atoms in total. The van der Waals surface area contributed by atoms with Crippen LogP contribution in [0.15, 0.2) is 72.4 Å². The molecule has 1 fully saturated rings. The van der Waals surface area contributed by atoms with E-state index in [2.05, 4.69) is 10.1 Å². The van der Waals surface area contributed by atoms with Crippen LogP contribution in [-0.2, 0) is 10.2 Å². The largest absolute Gasteiger partial charge is 0.369 e. The van der Waals surface area contributed by atoms with Crippen LogP contribution in [0.25, 0.3) is 5.69 Å². The first-order chi connectivity index (χ1) is 12.6. The van der Waals surface area contributed by atoms with Crippen LogP contribution in [0, 0.1) is 0 Å². The van der Waals surface area contributed by atoms with Gasteiger partial charge in [-0.25, -0.2) is 4.98 Å². The summed E-state index contributed by atoms with van der Waals surface area (Å²) in [7, 11) is 0. The second kappa shape index (κ2) is 6.15. The van der Waals surface area contributed by atoms with E-state index < -0.39 is 5.41 Å². The highest BCUT2D eigenvalue weighted by Gasteiger charge is 2.60. The summed E-state index contributed by atoms with van der Waals surface area (Å²) in [6, 6.07) is 15.8. The maximum Gasteiger partial charge on any atom is 0.228 e. The molecule has 0 bridgehead atoms. The van der Waals surface area contributed by atoms with Gasteiger partial charge in [-0.1, -0.05) is 30.3 Å². The van der Waals surface area contributed by atoms with Gasteiger partial charge in [-0.2, -0.15) is 5.10 Å². The van der Waals surface area contributed by atoms with Crippen molar-refractivity contribution in [2.75, 3.05) is 0 Å². The molecule has 1 saturated carbocycles. The number of amides is 1. The molecule has 2 aromatic carbocycles. The normalized spacial score (nSPS) is 21.8. The summed E-state index contributed by atoms with van der Waals surface area (Å²) in [6.45, 7) is 0. The SMILES string of the molecule is NN=Cc1cccc(C2CC2(C(N)=O)c2ccc(-n3ccnc3)cc2)c1. The molecule has 3 aromatic rings. The standard InChI is InChI=1S/C20H19N5O/c21-19(26)20(11-18(20)15-3-1-2-14(10-15)12-24-22)16-4-6-17(7-5-16)25-9-8-23-13-25/h1-10,12-13,18H,11,22H2,(H2,21,26). The van der Waals surface area contributed by atoms with Gasteiger partial charge in [-0.3, -0.25) is 4.79 Å². The fourth-order valence-corrected chi connectivity index (χ4v) is 3.68. The predicted molar refractivity (Wildman–Crippen MR) is 100 cm³/mol. The third-order valence-corrected chi connectivity index (χ3v) is 5.12. The molecule has 0 saturated heterocycles. The maximum atomic E-state index is 12.4. The zero-order chi connectivity index (χ0) is 18.1. The minimum atomic E-state index is -0.661. The number of aromatic nitrogens is 2. The van der Waals surface area contributed by atoms with Gasteiger partial charge >= 0.3 is 0 Å². The Bertz CT molecular complexity index is 962. The average Bonchev–Trinajstić information content (AvgIpc) is 3.19. The monoisotopic (exact) mass is 345 g/mol. The Labute approximate surface area is 151 Å². The average molecular weight is 345 g/mol. The molecule has 1 aliphatic carbocycles. The topological polar surface area (TPSA) is 99.3 Å². The van der Waals surface area contributed by atoms with Gasteiger partial charge in [0.1, 0.15) is 0 Å². The Morgan fingerprint density at radius 1 is 1.27 bits per heavy atom. The molecule has 2 unspecified atom stereocenters. The van der Waals surface area contributed by atoms with Crippen LogP contribution in [-0.4, -0.2) is 21.7 Å². The van der Waals surface area contributed by atoms with Gasteiger partial charge in [0.05, 0.1) is 18.0 Å². The fraction of sp³-hybridized carbons (Fsp3) is 0.150. The highest BCUT2D eigenvalue weighted by Crippen LogP contribution is 2.60. The second-order valence-corrected chi connectivity index (χ2v) is 6.56. The minimum absolute atomic E-state index is 0.0604. The van der Waals surface area contributed by atoms with Gasteiger partial charge in [0.25, 0.3) is 0 Å². The number of rotatable bonds is 5. The first kappa shape index (κ1) is 16.1. The van der Waals surface area contributed by atoms with Crippen molar-refractivity contribution in [1.82, 2.24) is 9.55 Å².